The summed E-state index contributed by atoms with van der Waals surface area (Å²) in [5.74, 6) is 0.0789. The third kappa shape index (κ3) is 4.65. The maximum absolute atomic E-state index is 12.8. The normalized spacial score (nSPS) is 15.8. The molecule has 7 nitrogen and oxygen atoms in total. The van der Waals surface area contributed by atoms with Gasteiger partial charge in [-0.25, -0.2) is 10.3 Å². The van der Waals surface area contributed by atoms with Gasteiger partial charge in [-0.2, -0.15) is 0 Å². The largest absolute Gasteiger partial charge is 0.457 e. The van der Waals surface area contributed by atoms with Gasteiger partial charge in [-0.15, -0.1) is 0 Å². The van der Waals surface area contributed by atoms with Crippen LogP contribution in [0.2, 0.25) is 0 Å². The van der Waals surface area contributed by atoms with Gasteiger partial charge in [0.25, 0.3) is 11.8 Å². The van der Waals surface area contributed by atoms with Crippen LogP contribution in [-0.2, 0) is 9.59 Å². The van der Waals surface area contributed by atoms with Crippen LogP contribution in [0.5, 0.6) is 11.5 Å². The van der Waals surface area contributed by atoms with E-state index in [0.29, 0.717) is 27.2 Å². The zero-order chi connectivity index (χ0) is 21.8. The van der Waals surface area contributed by atoms with Crippen molar-refractivity contribution in [2.24, 2.45) is 0 Å². The molecule has 0 spiro atoms. The van der Waals surface area contributed by atoms with Crippen LogP contribution in [0.3, 0.4) is 0 Å². The van der Waals surface area contributed by atoms with Crippen LogP contribution in [0.4, 0.5) is 5.69 Å². The second-order valence-electron chi connectivity index (χ2n) is 6.81. The molecule has 3 aromatic carbocycles. The number of ether oxygens (including phenoxy) is 1. The molecule has 3 amide bonds. The molecule has 8 heteroatoms. The van der Waals surface area contributed by atoms with E-state index in [1.165, 1.54) is 0 Å². The van der Waals surface area contributed by atoms with Crippen molar-refractivity contribution >= 4 is 39.3 Å². The molecule has 1 heterocycles. The summed E-state index contributed by atoms with van der Waals surface area (Å²) in [5.41, 5.74) is 6.03. The van der Waals surface area contributed by atoms with Gasteiger partial charge in [-0.3, -0.25) is 19.8 Å². The van der Waals surface area contributed by atoms with E-state index in [0.717, 1.165) is 4.90 Å². The lowest BCUT2D eigenvalue weighted by molar-refractivity contribution is -0.121. The Balaban J connectivity index is 1.40. The fourth-order valence-electron chi connectivity index (χ4n) is 3.17. The highest BCUT2D eigenvalue weighted by molar-refractivity contribution is 9.10. The molecular weight excluding hydrogens is 462 g/mol. The number of halogens is 1. The van der Waals surface area contributed by atoms with Crippen molar-refractivity contribution in [2.45, 2.75) is 12.5 Å². The second kappa shape index (κ2) is 9.11. The maximum Gasteiger partial charge on any atom is 0.266 e. The fraction of sp³-hybridized carbons (Fsp3) is 0.0870. The standard InChI is InChI=1S/C23H18BrN3O4/c24-19-9-5-4-8-18(19)22(29)26-25-20-14-21(28)27(23(20)30)15-10-12-17(13-11-15)31-16-6-2-1-3-7-16/h1-13,20,25H,14H2,(H,26,29)/t20-/m0/s1. The van der Waals surface area contributed by atoms with Gasteiger partial charge in [0.05, 0.1) is 17.7 Å². The van der Waals surface area contributed by atoms with E-state index < -0.39 is 17.9 Å². The summed E-state index contributed by atoms with van der Waals surface area (Å²) in [7, 11) is 0. The summed E-state index contributed by atoms with van der Waals surface area (Å²) >= 11 is 3.31. The smallest absolute Gasteiger partial charge is 0.266 e. The number of carbonyl (C=O) groups excluding carboxylic acids is 3. The summed E-state index contributed by atoms with van der Waals surface area (Å²) in [6.45, 7) is 0. The number of anilines is 1. The van der Waals surface area contributed by atoms with E-state index in [1.807, 2.05) is 30.3 Å². The molecule has 1 saturated heterocycles. The molecule has 2 N–H and O–H groups in total. The molecule has 0 unspecified atom stereocenters. The summed E-state index contributed by atoms with van der Waals surface area (Å²) in [4.78, 5) is 38.6. The number of hydrazine groups is 1. The molecule has 3 aromatic rings. The van der Waals surface area contributed by atoms with Crippen LogP contribution < -0.4 is 20.5 Å². The Bertz CT molecular complexity index is 1120. The van der Waals surface area contributed by atoms with E-state index >= 15 is 0 Å². The van der Waals surface area contributed by atoms with Gasteiger partial charge in [0.15, 0.2) is 0 Å². The number of hydrogen-bond donors (Lipinski definition) is 2. The Morgan fingerprint density at radius 3 is 2.26 bits per heavy atom. The van der Waals surface area contributed by atoms with Crippen LogP contribution in [-0.4, -0.2) is 23.8 Å². The minimum Gasteiger partial charge on any atom is -0.457 e. The lowest BCUT2D eigenvalue weighted by atomic mass is 10.2. The molecule has 0 aromatic heterocycles. The quantitative estimate of drug-likeness (QED) is 0.414. The molecule has 31 heavy (non-hydrogen) atoms. The highest BCUT2D eigenvalue weighted by Gasteiger charge is 2.39. The first-order valence-electron chi connectivity index (χ1n) is 9.53. The van der Waals surface area contributed by atoms with Crippen molar-refractivity contribution in [1.29, 1.82) is 0 Å². The number of amides is 3. The predicted molar refractivity (Wildman–Crippen MR) is 119 cm³/mol. The SMILES string of the molecule is O=C(NN[C@H]1CC(=O)N(c2ccc(Oc3ccccc3)cc2)C1=O)c1ccccc1Br. The number of para-hydroxylation sites is 1. The lowest BCUT2D eigenvalue weighted by Gasteiger charge is -2.16. The lowest BCUT2D eigenvalue weighted by Crippen LogP contribution is -2.48. The van der Waals surface area contributed by atoms with Crippen LogP contribution in [0.15, 0.2) is 83.3 Å². The van der Waals surface area contributed by atoms with Crippen LogP contribution in [0, 0.1) is 0 Å². The van der Waals surface area contributed by atoms with Crippen molar-refractivity contribution in [3.8, 4) is 11.5 Å². The van der Waals surface area contributed by atoms with Gasteiger partial charge in [0.1, 0.15) is 17.5 Å². The highest BCUT2D eigenvalue weighted by atomic mass is 79.9. The van der Waals surface area contributed by atoms with Crippen molar-refractivity contribution in [3.05, 3.63) is 88.9 Å². The molecule has 0 radical (unpaired) electrons. The third-order valence-corrected chi connectivity index (χ3v) is 5.39. The Kier molecular flexibility index (Phi) is 6.11. The Morgan fingerprint density at radius 2 is 1.55 bits per heavy atom. The molecule has 1 atom stereocenters. The number of hydrogen-bond acceptors (Lipinski definition) is 5. The van der Waals surface area contributed by atoms with Crippen LogP contribution in [0.1, 0.15) is 16.8 Å². The van der Waals surface area contributed by atoms with Gasteiger partial charge in [0.2, 0.25) is 5.91 Å². The van der Waals surface area contributed by atoms with Crippen molar-refractivity contribution in [2.75, 3.05) is 4.90 Å². The van der Waals surface area contributed by atoms with Gasteiger partial charge < -0.3 is 4.74 Å². The molecular formula is C23H18BrN3O4. The molecule has 0 saturated carbocycles. The number of nitrogens with one attached hydrogen (secondary N) is 2. The van der Waals surface area contributed by atoms with Crippen LogP contribution >= 0.6 is 15.9 Å². The van der Waals surface area contributed by atoms with Gasteiger partial charge in [0, 0.05) is 4.47 Å². The van der Waals surface area contributed by atoms with E-state index in [1.54, 1.807) is 48.5 Å². The average molecular weight is 480 g/mol. The summed E-state index contributed by atoms with van der Waals surface area (Å²) in [5, 5.41) is 0. The first-order chi connectivity index (χ1) is 15.0. The minimum atomic E-state index is -0.848. The molecule has 0 bridgehead atoms. The zero-order valence-electron chi connectivity index (χ0n) is 16.2. The Hall–Kier alpha value is -3.49. The van der Waals surface area contributed by atoms with Crippen molar-refractivity contribution in [3.63, 3.8) is 0 Å². The van der Waals surface area contributed by atoms with Gasteiger partial charge in [-0.1, -0.05) is 30.3 Å². The minimum absolute atomic E-state index is 0.0582. The van der Waals surface area contributed by atoms with Crippen molar-refractivity contribution < 1.29 is 19.1 Å². The molecule has 1 aliphatic heterocycles. The van der Waals surface area contributed by atoms with Crippen LogP contribution in [0.25, 0.3) is 0 Å². The first-order valence-corrected chi connectivity index (χ1v) is 10.3. The number of rotatable bonds is 6. The summed E-state index contributed by atoms with van der Waals surface area (Å²) in [6.07, 6.45) is -0.0582. The Labute approximate surface area is 187 Å². The first kappa shape index (κ1) is 20.8. The number of carbonyl (C=O) groups is 3. The second-order valence-corrected chi connectivity index (χ2v) is 7.67. The average Bonchev–Trinajstić information content (AvgIpc) is 3.07. The summed E-state index contributed by atoms with van der Waals surface area (Å²) < 4.78 is 6.36. The zero-order valence-corrected chi connectivity index (χ0v) is 17.8. The number of nitrogens with zero attached hydrogens (tertiary/aromatic N) is 1. The Morgan fingerprint density at radius 1 is 0.903 bits per heavy atom. The molecule has 4 rings (SSSR count). The van der Waals surface area contributed by atoms with Gasteiger partial charge in [-0.05, 0) is 64.5 Å². The predicted octanol–water partition coefficient (Wildman–Crippen LogP) is 3.81. The monoisotopic (exact) mass is 479 g/mol. The molecule has 1 aliphatic rings. The van der Waals surface area contributed by atoms with Gasteiger partial charge >= 0.3 is 0 Å². The maximum atomic E-state index is 12.8. The third-order valence-electron chi connectivity index (χ3n) is 4.70. The number of benzene rings is 3. The molecule has 0 aliphatic carbocycles. The molecule has 156 valence electrons. The van der Waals surface area contributed by atoms with E-state index in [4.69, 9.17) is 4.74 Å². The highest BCUT2D eigenvalue weighted by Crippen LogP contribution is 2.27. The van der Waals surface area contributed by atoms with E-state index in [-0.39, 0.29) is 12.3 Å². The van der Waals surface area contributed by atoms with Crippen molar-refractivity contribution in [1.82, 2.24) is 10.9 Å². The topological polar surface area (TPSA) is 87.7 Å². The fourth-order valence-corrected chi connectivity index (χ4v) is 3.63. The molecule has 1 fully saturated rings. The number of imide groups is 1. The van der Waals surface area contributed by atoms with E-state index in [9.17, 15) is 14.4 Å². The van der Waals surface area contributed by atoms with E-state index in [2.05, 4.69) is 26.8 Å². The summed E-state index contributed by atoms with van der Waals surface area (Å²) in [6, 6.07) is 22.0.